The minimum Gasteiger partial charge on any atom is -0.493 e. The first-order valence-corrected chi connectivity index (χ1v) is 10.3. The highest BCUT2D eigenvalue weighted by Crippen LogP contribution is 2.34. The first-order valence-electron chi connectivity index (χ1n) is 8.31. The Kier molecular flexibility index (Phi) is 5.50. The molecule has 0 amide bonds. The summed E-state index contributed by atoms with van der Waals surface area (Å²) in [5.74, 6) is -0.158. The minimum absolute atomic E-state index is 0.0979. The third-order valence-corrected chi connectivity index (χ3v) is 5.05. The van der Waals surface area contributed by atoms with Crippen LogP contribution in [0.3, 0.4) is 0 Å². The molecule has 0 unspecified atom stereocenters. The standard InChI is InChI=1S/C20H13BrF2N2O2S/c21-8-9-26-14-4-1-12(2-5-14)19-24-16-7-10-28-18(16)20(25-19)27-17-6-3-13(22)11-15(17)23/h1-7,10-11H,8-9H2. The number of aromatic nitrogens is 2. The summed E-state index contributed by atoms with van der Waals surface area (Å²) < 4.78 is 39.1. The highest BCUT2D eigenvalue weighted by atomic mass is 79.9. The number of hydrogen-bond acceptors (Lipinski definition) is 5. The fourth-order valence-electron chi connectivity index (χ4n) is 2.55. The predicted octanol–water partition coefficient (Wildman–Crippen LogP) is 6.20. The molecule has 0 saturated carbocycles. The Morgan fingerprint density at radius 3 is 2.57 bits per heavy atom. The van der Waals surface area contributed by atoms with Crippen LogP contribution in [-0.4, -0.2) is 21.9 Å². The van der Waals surface area contributed by atoms with Gasteiger partial charge in [-0.05, 0) is 47.8 Å². The topological polar surface area (TPSA) is 44.2 Å². The molecule has 0 saturated heterocycles. The Hall–Kier alpha value is -2.58. The van der Waals surface area contributed by atoms with E-state index in [-0.39, 0.29) is 11.6 Å². The normalized spacial score (nSPS) is 11.0. The number of alkyl halides is 1. The smallest absolute Gasteiger partial charge is 0.241 e. The second kappa shape index (κ2) is 8.20. The predicted molar refractivity (Wildman–Crippen MR) is 109 cm³/mol. The molecule has 4 aromatic rings. The van der Waals surface area contributed by atoms with Crippen LogP contribution < -0.4 is 9.47 Å². The van der Waals surface area contributed by atoms with Crippen molar-refractivity contribution in [2.75, 3.05) is 11.9 Å². The molecular formula is C20H13BrF2N2O2S. The van der Waals surface area contributed by atoms with Gasteiger partial charge in [0.2, 0.25) is 5.88 Å². The molecule has 0 fully saturated rings. The van der Waals surface area contributed by atoms with Gasteiger partial charge in [0.1, 0.15) is 16.3 Å². The molecule has 0 N–H and O–H groups in total. The monoisotopic (exact) mass is 462 g/mol. The van der Waals surface area contributed by atoms with Gasteiger partial charge in [-0.25, -0.2) is 13.8 Å². The summed E-state index contributed by atoms with van der Waals surface area (Å²) in [6.07, 6.45) is 0. The number of halogens is 3. The van der Waals surface area contributed by atoms with E-state index >= 15 is 0 Å². The number of benzene rings is 2. The van der Waals surface area contributed by atoms with Crippen molar-refractivity contribution in [1.29, 1.82) is 0 Å². The highest BCUT2D eigenvalue weighted by Gasteiger charge is 2.15. The van der Waals surface area contributed by atoms with Gasteiger partial charge in [-0.2, -0.15) is 4.98 Å². The Morgan fingerprint density at radius 2 is 1.82 bits per heavy atom. The molecule has 0 aliphatic rings. The molecule has 0 radical (unpaired) electrons. The van der Waals surface area contributed by atoms with Crippen LogP contribution in [0, 0.1) is 11.6 Å². The number of hydrogen-bond donors (Lipinski definition) is 0. The molecule has 0 aliphatic heterocycles. The van der Waals surface area contributed by atoms with Crippen LogP contribution >= 0.6 is 27.3 Å². The maximum Gasteiger partial charge on any atom is 0.241 e. The van der Waals surface area contributed by atoms with Gasteiger partial charge in [0, 0.05) is 17.0 Å². The number of nitrogens with zero attached hydrogens (tertiary/aromatic N) is 2. The van der Waals surface area contributed by atoms with E-state index in [1.165, 1.54) is 17.4 Å². The second-order valence-electron chi connectivity index (χ2n) is 5.73. The van der Waals surface area contributed by atoms with Crippen molar-refractivity contribution in [2.24, 2.45) is 0 Å². The number of ether oxygens (including phenoxy) is 2. The lowest BCUT2D eigenvalue weighted by atomic mass is 10.2. The summed E-state index contributed by atoms with van der Waals surface area (Å²) in [5, 5.41) is 2.60. The van der Waals surface area contributed by atoms with Crippen LogP contribution in [0.1, 0.15) is 0 Å². The molecule has 0 bridgehead atoms. The maximum atomic E-state index is 14.0. The molecule has 4 rings (SSSR count). The molecule has 2 aromatic heterocycles. The van der Waals surface area contributed by atoms with Crippen LogP contribution in [0.4, 0.5) is 8.78 Å². The lowest BCUT2D eigenvalue weighted by Gasteiger charge is -2.09. The van der Waals surface area contributed by atoms with Gasteiger partial charge < -0.3 is 9.47 Å². The minimum atomic E-state index is -0.793. The van der Waals surface area contributed by atoms with E-state index in [1.54, 1.807) is 0 Å². The van der Waals surface area contributed by atoms with Crippen molar-refractivity contribution in [3.8, 4) is 28.8 Å². The summed E-state index contributed by atoms with van der Waals surface area (Å²) in [6, 6.07) is 12.3. The molecule has 2 aromatic carbocycles. The fourth-order valence-corrected chi connectivity index (χ4v) is 3.47. The third-order valence-electron chi connectivity index (χ3n) is 3.83. The Bertz CT molecular complexity index is 1120. The van der Waals surface area contributed by atoms with Crippen molar-refractivity contribution in [1.82, 2.24) is 9.97 Å². The van der Waals surface area contributed by atoms with Crippen LogP contribution in [0.5, 0.6) is 17.4 Å². The summed E-state index contributed by atoms with van der Waals surface area (Å²) >= 11 is 4.70. The highest BCUT2D eigenvalue weighted by molar-refractivity contribution is 9.09. The van der Waals surface area contributed by atoms with Crippen molar-refractivity contribution in [2.45, 2.75) is 0 Å². The van der Waals surface area contributed by atoms with Crippen LogP contribution in [0.25, 0.3) is 21.6 Å². The van der Waals surface area contributed by atoms with E-state index in [4.69, 9.17) is 9.47 Å². The molecule has 142 valence electrons. The van der Waals surface area contributed by atoms with Gasteiger partial charge in [0.05, 0.1) is 12.1 Å². The average molecular weight is 463 g/mol. The first kappa shape index (κ1) is 18.8. The summed E-state index contributed by atoms with van der Waals surface area (Å²) in [4.78, 5) is 9.02. The molecule has 0 atom stereocenters. The van der Waals surface area contributed by atoms with Gasteiger partial charge in [-0.1, -0.05) is 15.9 Å². The summed E-state index contributed by atoms with van der Waals surface area (Å²) in [5.41, 5.74) is 1.45. The maximum absolute atomic E-state index is 14.0. The van der Waals surface area contributed by atoms with Gasteiger partial charge in [0.25, 0.3) is 0 Å². The number of fused-ring (bicyclic) bond motifs is 1. The lowest BCUT2D eigenvalue weighted by Crippen LogP contribution is -1.98. The van der Waals surface area contributed by atoms with Gasteiger partial charge in [-0.3, -0.25) is 0 Å². The van der Waals surface area contributed by atoms with Crippen molar-refractivity contribution < 1.29 is 18.3 Å². The van der Waals surface area contributed by atoms with E-state index in [2.05, 4.69) is 25.9 Å². The molecular weight excluding hydrogens is 450 g/mol. The van der Waals surface area contributed by atoms with E-state index in [1.807, 2.05) is 35.7 Å². The molecule has 0 aliphatic carbocycles. The van der Waals surface area contributed by atoms with Crippen LogP contribution in [0.2, 0.25) is 0 Å². The quantitative estimate of drug-likeness (QED) is 0.320. The van der Waals surface area contributed by atoms with E-state index in [0.717, 1.165) is 28.8 Å². The Morgan fingerprint density at radius 1 is 1.00 bits per heavy atom. The lowest BCUT2D eigenvalue weighted by molar-refractivity contribution is 0.345. The molecule has 28 heavy (non-hydrogen) atoms. The van der Waals surface area contributed by atoms with Crippen molar-refractivity contribution in [3.63, 3.8) is 0 Å². The second-order valence-corrected chi connectivity index (χ2v) is 7.44. The van der Waals surface area contributed by atoms with Crippen molar-refractivity contribution in [3.05, 3.63) is 65.5 Å². The molecule has 4 nitrogen and oxygen atoms in total. The number of thiophene rings is 1. The molecule has 0 spiro atoms. The zero-order valence-corrected chi connectivity index (χ0v) is 16.8. The Balaban J connectivity index is 1.70. The largest absolute Gasteiger partial charge is 0.493 e. The van der Waals surface area contributed by atoms with Gasteiger partial charge in [-0.15, -0.1) is 11.3 Å². The fraction of sp³-hybridized carbons (Fsp3) is 0.100. The van der Waals surface area contributed by atoms with Crippen LogP contribution in [0.15, 0.2) is 53.9 Å². The van der Waals surface area contributed by atoms with Gasteiger partial charge >= 0.3 is 0 Å². The first-order chi connectivity index (χ1) is 13.6. The third kappa shape index (κ3) is 3.98. The molecule has 2 heterocycles. The van der Waals surface area contributed by atoms with Crippen molar-refractivity contribution >= 4 is 37.5 Å². The zero-order valence-electron chi connectivity index (χ0n) is 14.4. The zero-order chi connectivity index (χ0) is 19.5. The molecule has 8 heteroatoms. The van der Waals surface area contributed by atoms with E-state index in [0.29, 0.717) is 22.6 Å². The van der Waals surface area contributed by atoms with Gasteiger partial charge in [0.15, 0.2) is 17.4 Å². The average Bonchev–Trinajstić information content (AvgIpc) is 3.18. The van der Waals surface area contributed by atoms with E-state index < -0.39 is 11.6 Å². The SMILES string of the molecule is Fc1ccc(Oc2nc(-c3ccc(OCCBr)cc3)nc3ccsc23)c(F)c1. The van der Waals surface area contributed by atoms with E-state index in [9.17, 15) is 8.78 Å². The number of rotatable bonds is 6. The summed E-state index contributed by atoms with van der Waals surface area (Å²) in [6.45, 7) is 0.567. The summed E-state index contributed by atoms with van der Waals surface area (Å²) in [7, 11) is 0. The Labute approximate surface area is 171 Å². The van der Waals surface area contributed by atoms with Crippen LogP contribution in [-0.2, 0) is 0 Å².